The van der Waals surface area contributed by atoms with Gasteiger partial charge in [0, 0.05) is 0 Å². The van der Waals surface area contributed by atoms with Crippen molar-refractivity contribution < 1.29 is 8.42 Å². The Kier molecular flexibility index (Phi) is 4.06. The lowest BCUT2D eigenvalue weighted by Crippen LogP contribution is -2.17. The highest BCUT2D eigenvalue weighted by molar-refractivity contribution is 7.92. The molecule has 0 fully saturated rings. The zero-order valence-electron chi connectivity index (χ0n) is 11.9. The van der Waals surface area contributed by atoms with Crippen LogP contribution >= 0.6 is 0 Å². The molecule has 114 valence electrons. The predicted octanol–water partition coefficient (Wildman–Crippen LogP) is 2.33. The summed E-state index contributed by atoms with van der Waals surface area (Å²) in [6.07, 6.45) is 1.30. The average molecular weight is 316 g/mol. The summed E-state index contributed by atoms with van der Waals surface area (Å²) in [6.45, 7) is 0. The van der Waals surface area contributed by atoms with E-state index >= 15 is 0 Å². The van der Waals surface area contributed by atoms with Gasteiger partial charge in [-0.15, -0.1) is 0 Å². The van der Waals surface area contributed by atoms with Crippen LogP contribution in [0.3, 0.4) is 0 Å². The van der Waals surface area contributed by atoms with Gasteiger partial charge in [0.05, 0.1) is 11.4 Å². The van der Waals surface area contributed by atoms with E-state index < -0.39 is 10.0 Å². The predicted molar refractivity (Wildman–Crippen MR) is 86.1 cm³/mol. The van der Waals surface area contributed by atoms with Crippen molar-refractivity contribution in [2.75, 3.05) is 10.5 Å². The number of rotatable bonds is 6. The average Bonchev–Trinajstić information content (AvgIpc) is 2.97. The molecule has 0 aliphatic rings. The van der Waals surface area contributed by atoms with Crippen molar-refractivity contribution in [1.29, 1.82) is 0 Å². The molecule has 0 unspecified atom stereocenters. The van der Waals surface area contributed by atoms with Crippen molar-refractivity contribution in [3.63, 3.8) is 0 Å². The number of hydrogen-bond acceptors (Lipinski definition) is 4. The molecule has 22 heavy (non-hydrogen) atoms. The van der Waals surface area contributed by atoms with Crippen molar-refractivity contribution in [3.8, 4) is 0 Å². The van der Waals surface area contributed by atoms with Crippen molar-refractivity contribution in [2.45, 2.75) is 12.8 Å². The number of hydrogen-bond donors (Lipinski definition) is 2. The van der Waals surface area contributed by atoms with Crippen LogP contribution in [0.25, 0.3) is 11.0 Å². The maximum absolute atomic E-state index is 12.2. The molecule has 6 nitrogen and oxygen atoms in total. The topological polar surface area (TPSA) is 87.7 Å². The molecule has 0 saturated carbocycles. The number of sulfonamides is 1. The number of aromatic nitrogens is 3. The van der Waals surface area contributed by atoms with Crippen LogP contribution in [0.1, 0.15) is 12.0 Å². The van der Waals surface area contributed by atoms with Crippen molar-refractivity contribution in [2.24, 2.45) is 0 Å². The molecule has 3 aromatic rings. The summed E-state index contributed by atoms with van der Waals surface area (Å²) in [6, 6.07) is 15.0. The number of nitrogens with zero attached hydrogens (tertiary/aromatic N) is 2. The van der Waals surface area contributed by atoms with Gasteiger partial charge in [0.25, 0.3) is 0 Å². The highest BCUT2D eigenvalue weighted by Gasteiger charge is 2.13. The van der Waals surface area contributed by atoms with Crippen LogP contribution < -0.4 is 4.72 Å². The van der Waals surface area contributed by atoms with E-state index in [9.17, 15) is 8.42 Å². The van der Waals surface area contributed by atoms with Gasteiger partial charge >= 0.3 is 0 Å². The van der Waals surface area contributed by atoms with E-state index in [1.165, 1.54) is 0 Å². The summed E-state index contributed by atoms with van der Waals surface area (Å²) in [5, 5.41) is 10.4. The third kappa shape index (κ3) is 3.43. The third-order valence-corrected chi connectivity index (χ3v) is 4.69. The van der Waals surface area contributed by atoms with Crippen LogP contribution in [0, 0.1) is 0 Å². The number of benzene rings is 2. The van der Waals surface area contributed by atoms with Crippen LogP contribution in [-0.4, -0.2) is 29.6 Å². The molecule has 0 radical (unpaired) electrons. The maximum Gasteiger partial charge on any atom is 0.232 e. The van der Waals surface area contributed by atoms with Crippen LogP contribution in [0.2, 0.25) is 0 Å². The third-order valence-electron chi connectivity index (χ3n) is 3.33. The molecular weight excluding hydrogens is 300 g/mol. The van der Waals surface area contributed by atoms with E-state index in [1.807, 2.05) is 30.3 Å². The fraction of sp³-hybridized carbons (Fsp3) is 0.200. The molecule has 2 N–H and O–H groups in total. The van der Waals surface area contributed by atoms with Gasteiger partial charge < -0.3 is 0 Å². The molecule has 0 aliphatic carbocycles. The first kappa shape index (κ1) is 14.5. The van der Waals surface area contributed by atoms with Gasteiger partial charge in [0.1, 0.15) is 11.0 Å². The Morgan fingerprint density at radius 3 is 2.64 bits per heavy atom. The SMILES string of the molecule is O=S(=O)(CCCc1ccccc1)Nc1cccc2n[nH]nc12. The number of H-pyrrole nitrogens is 1. The van der Waals surface area contributed by atoms with Gasteiger partial charge in [0.2, 0.25) is 10.0 Å². The van der Waals surface area contributed by atoms with Gasteiger partial charge in [-0.3, -0.25) is 4.72 Å². The van der Waals surface area contributed by atoms with Gasteiger partial charge in [-0.2, -0.15) is 15.4 Å². The summed E-state index contributed by atoms with van der Waals surface area (Å²) >= 11 is 0. The van der Waals surface area contributed by atoms with E-state index in [0.29, 0.717) is 23.1 Å². The van der Waals surface area contributed by atoms with E-state index in [2.05, 4.69) is 20.1 Å². The summed E-state index contributed by atoms with van der Waals surface area (Å²) < 4.78 is 27.0. The minimum absolute atomic E-state index is 0.0656. The minimum Gasteiger partial charge on any atom is -0.281 e. The van der Waals surface area contributed by atoms with Crippen molar-refractivity contribution >= 4 is 26.7 Å². The highest BCUT2D eigenvalue weighted by atomic mass is 32.2. The van der Waals surface area contributed by atoms with E-state index in [-0.39, 0.29) is 5.75 Å². The largest absolute Gasteiger partial charge is 0.281 e. The molecule has 0 spiro atoms. The quantitative estimate of drug-likeness (QED) is 0.730. The Morgan fingerprint density at radius 2 is 1.82 bits per heavy atom. The standard InChI is InChI=1S/C15H16N4O2S/c20-22(21,11-5-8-12-6-2-1-3-7-12)18-14-10-4-9-13-15(14)17-19-16-13/h1-4,6-7,9-10,18H,5,8,11H2,(H,16,17,19). The normalized spacial score (nSPS) is 11.6. The van der Waals surface area contributed by atoms with Gasteiger partial charge in [-0.05, 0) is 30.5 Å². The molecule has 0 amide bonds. The number of aryl methyl sites for hydroxylation is 1. The minimum atomic E-state index is -3.41. The second-order valence-electron chi connectivity index (χ2n) is 5.01. The number of para-hydroxylation sites is 1. The lowest BCUT2D eigenvalue weighted by Gasteiger charge is -2.08. The van der Waals surface area contributed by atoms with Crippen molar-refractivity contribution in [3.05, 3.63) is 54.1 Å². The van der Waals surface area contributed by atoms with E-state index in [0.717, 1.165) is 12.0 Å². The second kappa shape index (κ2) is 6.15. The molecule has 3 rings (SSSR count). The summed E-state index contributed by atoms with van der Waals surface area (Å²) in [5.74, 6) is 0.0656. The number of fused-ring (bicyclic) bond motifs is 1. The van der Waals surface area contributed by atoms with Gasteiger partial charge in [-0.1, -0.05) is 36.4 Å². The molecule has 0 saturated heterocycles. The lowest BCUT2D eigenvalue weighted by atomic mass is 10.1. The molecule has 0 atom stereocenters. The van der Waals surface area contributed by atoms with Gasteiger partial charge in [-0.25, -0.2) is 8.42 Å². The molecule has 1 heterocycles. The van der Waals surface area contributed by atoms with Crippen molar-refractivity contribution in [1.82, 2.24) is 15.4 Å². The lowest BCUT2D eigenvalue weighted by molar-refractivity contribution is 0.598. The molecule has 0 bridgehead atoms. The van der Waals surface area contributed by atoms with E-state index in [4.69, 9.17) is 0 Å². The number of aromatic amines is 1. The molecule has 1 aromatic heterocycles. The summed E-state index contributed by atoms with van der Waals surface area (Å²) in [5.41, 5.74) is 2.74. The fourth-order valence-electron chi connectivity index (χ4n) is 2.28. The smallest absolute Gasteiger partial charge is 0.232 e. The van der Waals surface area contributed by atoms with E-state index in [1.54, 1.807) is 18.2 Å². The molecule has 7 heteroatoms. The van der Waals surface area contributed by atoms with Crippen LogP contribution in [0.5, 0.6) is 0 Å². The zero-order chi connectivity index (χ0) is 15.4. The second-order valence-corrected chi connectivity index (χ2v) is 6.85. The van der Waals surface area contributed by atoms with Gasteiger partial charge in [0.15, 0.2) is 0 Å². The Bertz CT molecular complexity index is 859. The molecular formula is C15H16N4O2S. The fourth-order valence-corrected chi connectivity index (χ4v) is 3.41. The number of nitrogens with one attached hydrogen (secondary N) is 2. The Morgan fingerprint density at radius 1 is 1.00 bits per heavy atom. The number of anilines is 1. The molecule has 0 aliphatic heterocycles. The molecule has 2 aromatic carbocycles. The van der Waals surface area contributed by atoms with Crippen LogP contribution in [-0.2, 0) is 16.4 Å². The zero-order valence-corrected chi connectivity index (χ0v) is 12.7. The Hall–Kier alpha value is -2.41. The first-order valence-corrected chi connectivity index (χ1v) is 8.63. The monoisotopic (exact) mass is 316 g/mol. The first-order valence-electron chi connectivity index (χ1n) is 6.98. The Balaban J connectivity index is 1.65. The van der Waals surface area contributed by atoms with Crippen LogP contribution in [0.4, 0.5) is 5.69 Å². The summed E-state index contributed by atoms with van der Waals surface area (Å²) in [4.78, 5) is 0. The maximum atomic E-state index is 12.2. The van der Waals surface area contributed by atoms with Crippen LogP contribution in [0.15, 0.2) is 48.5 Å². The highest BCUT2D eigenvalue weighted by Crippen LogP contribution is 2.20. The summed E-state index contributed by atoms with van der Waals surface area (Å²) in [7, 11) is -3.41. The Labute approximate surface area is 128 Å². The first-order chi connectivity index (χ1) is 10.6.